The molecule has 5 nitrogen and oxygen atoms in total. The van der Waals surface area contributed by atoms with Crippen molar-refractivity contribution in [1.29, 1.82) is 0 Å². The van der Waals surface area contributed by atoms with Gasteiger partial charge in [-0.25, -0.2) is 4.39 Å². The molecule has 0 saturated heterocycles. The minimum absolute atomic E-state index is 0.143. The van der Waals surface area contributed by atoms with Crippen LogP contribution in [0.2, 0.25) is 0 Å². The Hall–Kier alpha value is -2.44. The van der Waals surface area contributed by atoms with Gasteiger partial charge in [0.05, 0.1) is 12.5 Å². The average molecular weight is 332 g/mol. The highest BCUT2D eigenvalue weighted by atomic mass is 19.1. The lowest BCUT2D eigenvalue weighted by molar-refractivity contribution is -0.118. The van der Waals surface area contributed by atoms with Gasteiger partial charge >= 0.3 is 0 Å². The first-order valence-electron chi connectivity index (χ1n) is 7.61. The van der Waals surface area contributed by atoms with E-state index in [0.29, 0.717) is 17.0 Å². The summed E-state index contributed by atoms with van der Waals surface area (Å²) in [7, 11) is 1.52. The number of carbonyl (C=O) groups excluding carboxylic acids is 1. The Balaban J connectivity index is 1.86. The third-order valence-corrected chi connectivity index (χ3v) is 3.50. The number of hydrogen-bond acceptors (Lipinski definition) is 4. The molecule has 1 atom stereocenters. The van der Waals surface area contributed by atoms with Crippen molar-refractivity contribution in [2.45, 2.75) is 19.1 Å². The van der Waals surface area contributed by atoms with Crippen molar-refractivity contribution in [2.75, 3.05) is 19.0 Å². The molecule has 2 aromatic carbocycles. The van der Waals surface area contributed by atoms with E-state index in [1.54, 1.807) is 42.5 Å². The Bertz CT molecular complexity index is 658. The number of anilines is 1. The molecular weight excluding hydrogens is 311 g/mol. The van der Waals surface area contributed by atoms with Gasteiger partial charge in [-0.1, -0.05) is 18.2 Å². The van der Waals surface area contributed by atoms with E-state index in [2.05, 4.69) is 5.32 Å². The number of benzene rings is 2. The number of nitrogens with one attached hydrogen (secondary N) is 1. The van der Waals surface area contributed by atoms with Crippen LogP contribution >= 0.6 is 0 Å². The van der Waals surface area contributed by atoms with E-state index in [-0.39, 0.29) is 37.4 Å². The number of rotatable bonds is 8. The highest BCUT2D eigenvalue weighted by molar-refractivity contribution is 5.91. The molecule has 0 aliphatic rings. The van der Waals surface area contributed by atoms with E-state index >= 15 is 0 Å². The first-order valence-corrected chi connectivity index (χ1v) is 7.61. The summed E-state index contributed by atoms with van der Waals surface area (Å²) < 4.78 is 24.1. The molecule has 24 heavy (non-hydrogen) atoms. The zero-order valence-corrected chi connectivity index (χ0v) is 13.5. The predicted molar refractivity (Wildman–Crippen MR) is 90.3 cm³/mol. The summed E-state index contributed by atoms with van der Waals surface area (Å²) in [5.74, 6) is 0.120. The van der Waals surface area contributed by atoms with Gasteiger partial charge in [0.25, 0.3) is 0 Å². The molecule has 0 fully saturated rings. The average Bonchev–Trinajstić information content (AvgIpc) is 2.60. The molecule has 0 bridgehead atoms. The fourth-order valence-corrected chi connectivity index (χ4v) is 2.09. The SMILES string of the molecule is COC(CN)CC(=O)Nc1ccc(OCc2ccccc2F)cc1. The van der Waals surface area contributed by atoms with Gasteiger partial charge in [-0.2, -0.15) is 0 Å². The van der Waals surface area contributed by atoms with Crippen LogP contribution in [0.25, 0.3) is 0 Å². The second-order valence-corrected chi connectivity index (χ2v) is 5.25. The molecular formula is C18H21FN2O3. The van der Waals surface area contributed by atoms with Crippen LogP contribution in [0.1, 0.15) is 12.0 Å². The topological polar surface area (TPSA) is 73.6 Å². The normalized spacial score (nSPS) is 11.8. The van der Waals surface area contributed by atoms with Crippen LogP contribution in [-0.2, 0) is 16.1 Å². The highest BCUT2D eigenvalue weighted by Gasteiger charge is 2.11. The minimum Gasteiger partial charge on any atom is -0.489 e. The number of nitrogens with two attached hydrogens (primary N) is 1. The number of methoxy groups -OCH3 is 1. The van der Waals surface area contributed by atoms with Crippen LogP contribution in [0.15, 0.2) is 48.5 Å². The minimum atomic E-state index is -0.298. The second kappa shape index (κ2) is 9.00. The third kappa shape index (κ3) is 5.33. The number of ether oxygens (including phenoxy) is 2. The molecule has 2 aromatic rings. The fourth-order valence-electron chi connectivity index (χ4n) is 2.09. The van der Waals surface area contributed by atoms with Crippen molar-refractivity contribution < 1.29 is 18.7 Å². The smallest absolute Gasteiger partial charge is 0.227 e. The molecule has 2 rings (SSSR count). The van der Waals surface area contributed by atoms with Crippen molar-refractivity contribution in [3.8, 4) is 5.75 Å². The van der Waals surface area contributed by atoms with E-state index < -0.39 is 0 Å². The van der Waals surface area contributed by atoms with E-state index in [0.717, 1.165) is 0 Å². The fraction of sp³-hybridized carbons (Fsp3) is 0.278. The molecule has 0 saturated carbocycles. The van der Waals surface area contributed by atoms with Crippen molar-refractivity contribution in [2.24, 2.45) is 5.73 Å². The number of carbonyl (C=O) groups is 1. The molecule has 0 heterocycles. The summed E-state index contributed by atoms with van der Waals surface area (Å²) in [5, 5.41) is 2.76. The summed E-state index contributed by atoms with van der Waals surface area (Å²) in [6.07, 6.45) is -0.105. The Labute approximate surface area is 140 Å². The van der Waals surface area contributed by atoms with Crippen LogP contribution in [0.5, 0.6) is 5.75 Å². The van der Waals surface area contributed by atoms with Crippen LogP contribution in [-0.4, -0.2) is 25.7 Å². The maximum Gasteiger partial charge on any atom is 0.227 e. The molecule has 6 heteroatoms. The number of halogens is 1. The lowest BCUT2D eigenvalue weighted by Crippen LogP contribution is -2.28. The van der Waals surface area contributed by atoms with E-state index in [4.69, 9.17) is 15.2 Å². The standard InChI is InChI=1S/C18H21FN2O3/c1-23-16(11-20)10-18(22)21-14-6-8-15(9-7-14)24-12-13-4-2-3-5-17(13)19/h2-9,16H,10-12,20H2,1H3,(H,21,22). The number of amides is 1. The van der Waals surface area contributed by atoms with E-state index in [9.17, 15) is 9.18 Å². The largest absolute Gasteiger partial charge is 0.489 e. The van der Waals surface area contributed by atoms with Gasteiger partial charge in [-0.15, -0.1) is 0 Å². The molecule has 3 N–H and O–H groups in total. The third-order valence-electron chi connectivity index (χ3n) is 3.50. The Morgan fingerprint density at radius 2 is 1.92 bits per heavy atom. The van der Waals surface area contributed by atoms with Gasteiger partial charge in [-0.3, -0.25) is 4.79 Å². The van der Waals surface area contributed by atoms with Crippen LogP contribution in [0, 0.1) is 5.82 Å². The Morgan fingerprint density at radius 3 is 2.54 bits per heavy atom. The first-order chi connectivity index (χ1) is 11.6. The summed E-state index contributed by atoms with van der Waals surface area (Å²) in [6, 6.07) is 13.3. The lowest BCUT2D eigenvalue weighted by Gasteiger charge is -2.13. The molecule has 0 aliphatic heterocycles. The molecule has 0 spiro atoms. The van der Waals surface area contributed by atoms with Gasteiger partial charge < -0.3 is 20.5 Å². The molecule has 0 aromatic heterocycles. The predicted octanol–water partition coefficient (Wildman–Crippen LogP) is 2.71. The van der Waals surface area contributed by atoms with Crippen molar-refractivity contribution in [3.05, 3.63) is 59.9 Å². The van der Waals surface area contributed by atoms with E-state index in [1.165, 1.54) is 13.2 Å². The second-order valence-electron chi connectivity index (χ2n) is 5.25. The van der Waals surface area contributed by atoms with Gasteiger partial charge in [0.2, 0.25) is 5.91 Å². The number of hydrogen-bond donors (Lipinski definition) is 2. The van der Waals surface area contributed by atoms with E-state index in [1.807, 2.05) is 0 Å². The maximum absolute atomic E-state index is 13.5. The monoisotopic (exact) mass is 332 g/mol. The van der Waals surface area contributed by atoms with Crippen LogP contribution in [0.4, 0.5) is 10.1 Å². The van der Waals surface area contributed by atoms with Crippen LogP contribution < -0.4 is 15.8 Å². The van der Waals surface area contributed by atoms with Gasteiger partial charge in [0.1, 0.15) is 18.2 Å². The Morgan fingerprint density at radius 1 is 1.21 bits per heavy atom. The summed E-state index contributed by atoms with van der Waals surface area (Å²) in [6.45, 7) is 0.428. The molecule has 0 aliphatic carbocycles. The van der Waals surface area contributed by atoms with Crippen LogP contribution in [0.3, 0.4) is 0 Å². The quantitative estimate of drug-likeness (QED) is 0.779. The van der Waals surface area contributed by atoms with Gasteiger partial charge in [0.15, 0.2) is 0 Å². The zero-order valence-electron chi connectivity index (χ0n) is 13.5. The molecule has 1 unspecified atom stereocenters. The molecule has 1 amide bonds. The summed E-state index contributed by atoms with van der Waals surface area (Å²) in [5.41, 5.74) is 6.62. The van der Waals surface area contributed by atoms with Crippen molar-refractivity contribution >= 4 is 11.6 Å². The van der Waals surface area contributed by atoms with Gasteiger partial charge in [0, 0.05) is 24.9 Å². The zero-order chi connectivity index (χ0) is 17.4. The molecule has 0 radical (unpaired) electrons. The lowest BCUT2D eigenvalue weighted by atomic mass is 10.2. The Kier molecular flexibility index (Phi) is 6.72. The summed E-state index contributed by atoms with van der Waals surface area (Å²) >= 11 is 0. The van der Waals surface area contributed by atoms with Crippen molar-refractivity contribution in [1.82, 2.24) is 0 Å². The van der Waals surface area contributed by atoms with Gasteiger partial charge in [-0.05, 0) is 30.3 Å². The highest BCUT2D eigenvalue weighted by Crippen LogP contribution is 2.18. The first kappa shape index (κ1) is 17.9. The molecule has 128 valence electrons. The summed E-state index contributed by atoms with van der Waals surface area (Å²) in [4.78, 5) is 11.9. The van der Waals surface area contributed by atoms with Crippen molar-refractivity contribution in [3.63, 3.8) is 0 Å². The maximum atomic E-state index is 13.5.